The van der Waals surface area contributed by atoms with Crippen molar-refractivity contribution in [2.45, 2.75) is 116 Å². The molecule has 0 aromatic rings. The van der Waals surface area contributed by atoms with Gasteiger partial charge in [-0.15, -0.1) is 0 Å². The van der Waals surface area contributed by atoms with E-state index in [1.54, 1.807) is 28.5 Å². The molecule has 7 amide bonds. The summed E-state index contributed by atoms with van der Waals surface area (Å²) in [5.74, 6) is 0.755. The van der Waals surface area contributed by atoms with Crippen molar-refractivity contribution in [2.75, 3.05) is 43.4 Å². The molecule has 0 saturated carbocycles. The van der Waals surface area contributed by atoms with E-state index in [1.807, 2.05) is 46.4 Å². The molecule has 2 aliphatic heterocycles. The second-order valence-electron chi connectivity index (χ2n) is 14.4. The Hall–Kier alpha value is -2.59. The van der Waals surface area contributed by atoms with Gasteiger partial charge in [0.1, 0.15) is 0 Å². The number of amides is 7. The summed E-state index contributed by atoms with van der Waals surface area (Å²) >= 11 is 1.87. The monoisotopic (exact) mass is 785 g/mol. The number of rotatable bonds is 26. The minimum Gasteiger partial charge on any atom is -0.356 e. The third-order valence-electron chi connectivity index (χ3n) is 9.38. The summed E-state index contributed by atoms with van der Waals surface area (Å²) in [5, 5.41) is 21.0. The van der Waals surface area contributed by atoms with Crippen LogP contribution < -0.4 is 37.2 Å². The predicted octanol–water partition coefficient (Wildman–Crippen LogP) is 3.50. The van der Waals surface area contributed by atoms with E-state index in [0.717, 1.165) is 30.8 Å². The van der Waals surface area contributed by atoms with Gasteiger partial charge in [0.2, 0.25) is 29.5 Å². The van der Waals surface area contributed by atoms with Crippen LogP contribution in [0.4, 0.5) is 4.79 Å². The van der Waals surface area contributed by atoms with Crippen LogP contribution in [0, 0.1) is 17.3 Å². The number of carbonyl (C=O) groups is 6. The van der Waals surface area contributed by atoms with Gasteiger partial charge in [0, 0.05) is 84.0 Å². The fraction of sp³-hybridized carbons (Fsp3) is 0.778. The van der Waals surface area contributed by atoms with Crippen molar-refractivity contribution in [3.8, 4) is 0 Å². The minimum atomic E-state index is -0.811. The first-order valence-corrected chi connectivity index (χ1v) is 22.2. The van der Waals surface area contributed by atoms with Crippen LogP contribution in [0.3, 0.4) is 0 Å². The maximum absolute atomic E-state index is 13.5. The first-order chi connectivity index (χ1) is 24.7. The summed E-state index contributed by atoms with van der Waals surface area (Å²) in [6.07, 6.45) is 4.78. The summed E-state index contributed by atoms with van der Waals surface area (Å²) in [6.45, 7) is 16.5. The molecule has 2 aliphatic rings. The molecule has 16 heteroatoms. The van der Waals surface area contributed by atoms with Crippen molar-refractivity contribution in [3.05, 3.63) is 12.2 Å². The van der Waals surface area contributed by atoms with Gasteiger partial charge in [0.25, 0.3) is 0 Å². The molecule has 2 heterocycles. The van der Waals surface area contributed by atoms with Crippen LogP contribution in [0.1, 0.15) is 92.9 Å². The normalized spacial score (nSPS) is 20.1. The molecule has 296 valence electrons. The van der Waals surface area contributed by atoms with E-state index in [4.69, 9.17) is 0 Å². The Morgan fingerprint density at radius 3 is 2.25 bits per heavy atom. The second-order valence-corrected chi connectivity index (χ2v) is 18.4. The fourth-order valence-electron chi connectivity index (χ4n) is 6.11. The average molecular weight is 786 g/mol. The molecule has 13 nitrogen and oxygen atoms in total. The van der Waals surface area contributed by atoms with Gasteiger partial charge in [0.05, 0.1) is 12.1 Å². The summed E-state index contributed by atoms with van der Waals surface area (Å²) < 4.78 is 0. The average Bonchev–Trinajstić information content (AvgIpc) is 3.65. The van der Waals surface area contributed by atoms with Crippen molar-refractivity contribution < 1.29 is 28.8 Å². The van der Waals surface area contributed by atoms with Crippen LogP contribution in [0.5, 0.6) is 0 Å². The Kier molecular flexibility index (Phi) is 21.0. The van der Waals surface area contributed by atoms with Crippen LogP contribution in [-0.4, -0.2) is 102 Å². The molecule has 2 fully saturated rings. The van der Waals surface area contributed by atoms with Gasteiger partial charge in [0.15, 0.2) is 0 Å². The first kappa shape index (κ1) is 45.6. The van der Waals surface area contributed by atoms with Crippen LogP contribution in [-0.2, 0) is 24.0 Å². The number of carbonyl (C=O) groups excluding carboxylic acids is 6. The molecule has 3 unspecified atom stereocenters. The lowest BCUT2D eigenvalue weighted by Gasteiger charge is -2.32. The SMILES string of the molecule is C=C(C)C(=O)NCCSSCCNC(=O)C(C)(CC)CC(CC(C)C(=O)NC(C)C)C(=O)NCCCNC(=O)CCCC[C@H]1SC[C@H]2NC(=O)N[C@H]21. The van der Waals surface area contributed by atoms with Gasteiger partial charge in [-0.1, -0.05) is 55.4 Å². The van der Waals surface area contributed by atoms with Crippen LogP contribution in [0.15, 0.2) is 12.2 Å². The molecule has 0 aromatic heterocycles. The predicted molar refractivity (Wildman–Crippen MR) is 214 cm³/mol. The number of hydrogen-bond donors (Lipinski definition) is 7. The third-order valence-corrected chi connectivity index (χ3v) is 13.3. The van der Waals surface area contributed by atoms with Gasteiger partial charge in [-0.2, -0.15) is 11.8 Å². The highest BCUT2D eigenvalue weighted by molar-refractivity contribution is 8.76. The van der Waals surface area contributed by atoms with Gasteiger partial charge >= 0.3 is 6.03 Å². The quantitative estimate of drug-likeness (QED) is 0.0299. The highest BCUT2D eigenvalue weighted by Crippen LogP contribution is 2.34. The highest BCUT2D eigenvalue weighted by Gasteiger charge is 2.42. The summed E-state index contributed by atoms with van der Waals surface area (Å²) in [5.41, 5.74) is -0.334. The molecule has 0 aliphatic carbocycles. The number of fused-ring (bicyclic) bond motifs is 1. The van der Waals surface area contributed by atoms with E-state index >= 15 is 0 Å². The van der Waals surface area contributed by atoms with Crippen LogP contribution in [0.25, 0.3) is 0 Å². The molecule has 2 saturated heterocycles. The highest BCUT2D eigenvalue weighted by atomic mass is 33.1. The maximum atomic E-state index is 13.5. The summed E-state index contributed by atoms with van der Waals surface area (Å²) in [7, 11) is 3.23. The fourth-order valence-corrected chi connectivity index (χ4v) is 9.47. The molecular formula is C36H63N7O6S3. The van der Waals surface area contributed by atoms with Crippen LogP contribution in [0.2, 0.25) is 0 Å². The lowest BCUT2D eigenvalue weighted by atomic mass is 9.75. The minimum absolute atomic E-state index is 0.0178. The van der Waals surface area contributed by atoms with Crippen molar-refractivity contribution in [3.63, 3.8) is 0 Å². The van der Waals surface area contributed by atoms with E-state index < -0.39 is 17.3 Å². The van der Waals surface area contributed by atoms with E-state index in [9.17, 15) is 28.8 Å². The molecule has 52 heavy (non-hydrogen) atoms. The smallest absolute Gasteiger partial charge is 0.315 e. The first-order valence-electron chi connectivity index (χ1n) is 18.7. The van der Waals surface area contributed by atoms with Gasteiger partial charge < -0.3 is 37.2 Å². The molecule has 7 N–H and O–H groups in total. The Bertz CT molecular complexity index is 1220. The zero-order valence-corrected chi connectivity index (χ0v) is 34.4. The molecule has 0 radical (unpaired) electrons. The molecular weight excluding hydrogens is 723 g/mol. The van der Waals surface area contributed by atoms with Crippen LogP contribution >= 0.6 is 33.3 Å². The van der Waals surface area contributed by atoms with E-state index in [2.05, 4.69) is 43.8 Å². The Labute approximate surface area is 322 Å². The van der Waals surface area contributed by atoms with Crippen molar-refractivity contribution in [2.24, 2.45) is 17.3 Å². The number of unbranched alkanes of at least 4 members (excludes halogenated alkanes) is 1. The Morgan fingerprint density at radius 2 is 1.60 bits per heavy atom. The maximum Gasteiger partial charge on any atom is 0.315 e. The van der Waals surface area contributed by atoms with Gasteiger partial charge in [-0.05, 0) is 59.3 Å². The van der Waals surface area contributed by atoms with E-state index in [-0.39, 0.29) is 53.7 Å². The number of thioether (sulfide) groups is 1. The molecule has 0 spiro atoms. The standard InChI is InChI=1S/C36H63N7O6S3/c1-8-36(7,34(48)40-17-19-52-51-18-16-39-31(45)23(2)3)21-26(20-25(6)32(46)41-24(4)5)33(47)38-15-11-14-37-29(44)13-10-9-12-28-30-27(22-50-28)42-35(49)43-30/h24-28,30H,2,8-22H2,1,3-7H3,(H,37,44)(H,38,47)(H,39,45)(H,40,48)(H,41,46)(H2,42,43,49)/t25?,26?,27-,28-,30-,36?/m1/s1. The van der Waals surface area contributed by atoms with E-state index in [0.29, 0.717) is 74.9 Å². The lowest BCUT2D eigenvalue weighted by molar-refractivity contribution is -0.134. The Balaban J connectivity index is 1.77. The van der Waals surface area contributed by atoms with Gasteiger partial charge in [-0.3, -0.25) is 24.0 Å². The zero-order chi connectivity index (χ0) is 38.7. The summed E-state index contributed by atoms with van der Waals surface area (Å²) in [4.78, 5) is 75.3. The van der Waals surface area contributed by atoms with Gasteiger partial charge in [-0.25, -0.2) is 4.79 Å². The number of hydrogen-bond acceptors (Lipinski definition) is 9. The molecule has 6 atom stereocenters. The molecule has 2 rings (SSSR count). The zero-order valence-electron chi connectivity index (χ0n) is 32.0. The third kappa shape index (κ3) is 16.6. The second kappa shape index (κ2) is 23.9. The summed E-state index contributed by atoms with van der Waals surface area (Å²) in [6, 6.07) is 0.267. The largest absolute Gasteiger partial charge is 0.356 e. The Morgan fingerprint density at radius 1 is 0.923 bits per heavy atom. The number of urea groups is 1. The van der Waals surface area contributed by atoms with Crippen molar-refractivity contribution >= 4 is 68.9 Å². The van der Waals surface area contributed by atoms with E-state index in [1.165, 1.54) is 0 Å². The van der Waals surface area contributed by atoms with Crippen molar-refractivity contribution in [1.82, 2.24) is 37.2 Å². The lowest BCUT2D eigenvalue weighted by Crippen LogP contribution is -2.44. The number of nitrogens with one attached hydrogen (secondary N) is 7. The molecule has 0 aromatic carbocycles. The molecule has 0 bridgehead atoms. The van der Waals surface area contributed by atoms with Crippen molar-refractivity contribution in [1.29, 1.82) is 0 Å². The topological polar surface area (TPSA) is 187 Å².